The highest BCUT2D eigenvalue weighted by Crippen LogP contribution is 2.28. The maximum absolute atomic E-state index is 6.04. The maximum Gasteiger partial charge on any atom is 0.0409 e. The van der Waals surface area contributed by atoms with E-state index < -0.39 is 0 Å². The molecule has 1 aromatic rings. The van der Waals surface area contributed by atoms with Gasteiger partial charge in [0.1, 0.15) is 0 Å². The van der Waals surface area contributed by atoms with Crippen LogP contribution in [0.5, 0.6) is 0 Å². The normalized spacial score (nSPS) is 24.9. The van der Waals surface area contributed by atoms with E-state index in [2.05, 4.69) is 38.2 Å². The first-order valence-corrected chi connectivity index (χ1v) is 7.58. The molecule has 1 aliphatic carbocycles. The molecule has 19 heavy (non-hydrogen) atoms. The van der Waals surface area contributed by atoms with E-state index in [0.717, 1.165) is 23.4 Å². The van der Waals surface area contributed by atoms with Gasteiger partial charge in [0.05, 0.1) is 0 Å². The molecule has 104 valence electrons. The third-order valence-electron chi connectivity index (χ3n) is 3.95. The zero-order valence-corrected chi connectivity index (χ0v) is 12.9. The second-order valence-electron chi connectivity index (χ2n) is 5.98. The number of benzene rings is 1. The second kappa shape index (κ2) is 6.58. The molecule has 1 nitrogen and oxygen atoms in total. The SMILES string of the molecule is CC1=CC(C)CC(CN[C@H](C)c2cccc(Cl)c2)C1. The molecule has 0 amide bonds. The molecular weight excluding hydrogens is 254 g/mol. The van der Waals surface area contributed by atoms with Crippen molar-refractivity contribution in [1.82, 2.24) is 5.32 Å². The van der Waals surface area contributed by atoms with Gasteiger partial charge in [-0.2, -0.15) is 0 Å². The lowest BCUT2D eigenvalue weighted by molar-refractivity contribution is 0.367. The quantitative estimate of drug-likeness (QED) is 0.765. The van der Waals surface area contributed by atoms with Crippen LogP contribution < -0.4 is 5.32 Å². The van der Waals surface area contributed by atoms with E-state index in [1.54, 1.807) is 5.57 Å². The van der Waals surface area contributed by atoms with E-state index in [1.807, 2.05) is 18.2 Å². The van der Waals surface area contributed by atoms with Crippen molar-refractivity contribution < 1.29 is 0 Å². The van der Waals surface area contributed by atoms with Gasteiger partial charge in [0.15, 0.2) is 0 Å². The van der Waals surface area contributed by atoms with Crippen LogP contribution in [-0.4, -0.2) is 6.54 Å². The summed E-state index contributed by atoms with van der Waals surface area (Å²) >= 11 is 6.04. The number of hydrogen-bond acceptors (Lipinski definition) is 1. The van der Waals surface area contributed by atoms with Crippen LogP contribution in [0.3, 0.4) is 0 Å². The summed E-state index contributed by atoms with van der Waals surface area (Å²) in [5, 5.41) is 4.47. The average molecular weight is 278 g/mol. The first-order chi connectivity index (χ1) is 9.04. The lowest BCUT2D eigenvalue weighted by Crippen LogP contribution is -2.28. The Morgan fingerprint density at radius 3 is 2.89 bits per heavy atom. The van der Waals surface area contributed by atoms with Crippen LogP contribution in [0.2, 0.25) is 5.02 Å². The zero-order valence-electron chi connectivity index (χ0n) is 12.1. The van der Waals surface area contributed by atoms with E-state index in [0.29, 0.717) is 6.04 Å². The number of hydrogen-bond donors (Lipinski definition) is 1. The van der Waals surface area contributed by atoms with E-state index in [1.165, 1.54) is 18.4 Å². The van der Waals surface area contributed by atoms with Gasteiger partial charge in [-0.15, -0.1) is 0 Å². The van der Waals surface area contributed by atoms with Crippen LogP contribution in [0.1, 0.15) is 45.2 Å². The van der Waals surface area contributed by atoms with Crippen molar-refractivity contribution in [3.8, 4) is 0 Å². The van der Waals surface area contributed by atoms with E-state index >= 15 is 0 Å². The van der Waals surface area contributed by atoms with Crippen molar-refractivity contribution in [2.75, 3.05) is 6.54 Å². The molecule has 0 aliphatic heterocycles. The second-order valence-corrected chi connectivity index (χ2v) is 6.42. The predicted octanol–water partition coefficient (Wildman–Crippen LogP) is 4.98. The molecule has 0 saturated heterocycles. The van der Waals surface area contributed by atoms with Gasteiger partial charge in [-0.25, -0.2) is 0 Å². The van der Waals surface area contributed by atoms with E-state index in [9.17, 15) is 0 Å². The Hall–Kier alpha value is -0.790. The molecular formula is C17H24ClN. The average Bonchev–Trinajstić information content (AvgIpc) is 2.35. The summed E-state index contributed by atoms with van der Waals surface area (Å²) < 4.78 is 0. The standard InChI is InChI=1S/C17H24ClN/c1-12-7-13(2)9-15(8-12)11-19-14(3)16-5-4-6-17(18)10-16/h4-7,10,12,14-15,19H,8-9,11H2,1-3H3/t12?,14-,15?/m1/s1. The summed E-state index contributed by atoms with van der Waals surface area (Å²) in [7, 11) is 0. The minimum atomic E-state index is 0.361. The Kier molecular flexibility index (Phi) is 5.06. The van der Waals surface area contributed by atoms with Gasteiger partial charge in [-0.1, -0.05) is 42.3 Å². The lowest BCUT2D eigenvalue weighted by Gasteiger charge is -2.27. The topological polar surface area (TPSA) is 12.0 Å². The van der Waals surface area contributed by atoms with Crippen LogP contribution in [-0.2, 0) is 0 Å². The minimum Gasteiger partial charge on any atom is -0.310 e. The summed E-state index contributed by atoms with van der Waals surface area (Å²) in [5.74, 6) is 1.49. The van der Waals surface area contributed by atoms with E-state index in [4.69, 9.17) is 11.6 Å². The van der Waals surface area contributed by atoms with Crippen molar-refractivity contribution in [2.45, 2.75) is 39.7 Å². The van der Waals surface area contributed by atoms with Gasteiger partial charge in [-0.3, -0.25) is 0 Å². The molecule has 1 aliphatic rings. The highest BCUT2D eigenvalue weighted by atomic mass is 35.5. The molecule has 0 bridgehead atoms. The number of allylic oxidation sites excluding steroid dienone is 2. The van der Waals surface area contributed by atoms with Gasteiger partial charge in [0, 0.05) is 11.1 Å². The van der Waals surface area contributed by atoms with Crippen molar-refractivity contribution >= 4 is 11.6 Å². The largest absolute Gasteiger partial charge is 0.310 e. The van der Waals surface area contributed by atoms with Gasteiger partial charge >= 0.3 is 0 Å². The monoisotopic (exact) mass is 277 g/mol. The summed E-state index contributed by atoms with van der Waals surface area (Å²) in [6.07, 6.45) is 4.95. The van der Waals surface area contributed by atoms with Gasteiger partial charge in [0.25, 0.3) is 0 Å². The van der Waals surface area contributed by atoms with Gasteiger partial charge < -0.3 is 5.32 Å². The van der Waals surface area contributed by atoms with Crippen LogP contribution in [0.25, 0.3) is 0 Å². The highest BCUT2D eigenvalue weighted by Gasteiger charge is 2.18. The maximum atomic E-state index is 6.04. The molecule has 3 atom stereocenters. The lowest BCUT2D eigenvalue weighted by atomic mass is 9.83. The number of rotatable bonds is 4. The van der Waals surface area contributed by atoms with Gasteiger partial charge in [0.2, 0.25) is 0 Å². The fourth-order valence-electron chi connectivity index (χ4n) is 3.08. The third-order valence-corrected chi connectivity index (χ3v) is 4.18. The predicted molar refractivity (Wildman–Crippen MR) is 83.5 cm³/mol. The molecule has 1 N–H and O–H groups in total. The third kappa shape index (κ3) is 4.36. The van der Waals surface area contributed by atoms with Crippen molar-refractivity contribution in [1.29, 1.82) is 0 Å². The summed E-state index contributed by atoms with van der Waals surface area (Å²) in [6, 6.07) is 8.49. The zero-order chi connectivity index (χ0) is 13.8. The number of halogens is 1. The molecule has 0 radical (unpaired) electrons. The highest BCUT2D eigenvalue weighted by molar-refractivity contribution is 6.30. The Morgan fingerprint density at radius 2 is 2.21 bits per heavy atom. The summed E-state index contributed by atoms with van der Waals surface area (Å²) in [4.78, 5) is 0. The molecule has 2 unspecified atom stereocenters. The molecule has 2 heteroatoms. The van der Waals surface area contributed by atoms with Crippen LogP contribution in [0, 0.1) is 11.8 Å². The molecule has 2 rings (SSSR count). The summed E-state index contributed by atoms with van der Waals surface area (Å²) in [5.41, 5.74) is 2.81. The van der Waals surface area contributed by atoms with Crippen molar-refractivity contribution in [2.24, 2.45) is 11.8 Å². The van der Waals surface area contributed by atoms with Crippen LogP contribution in [0.4, 0.5) is 0 Å². The van der Waals surface area contributed by atoms with Gasteiger partial charge in [-0.05, 0) is 62.8 Å². The first kappa shape index (κ1) is 14.6. The van der Waals surface area contributed by atoms with Crippen molar-refractivity contribution in [3.05, 3.63) is 46.5 Å². The Bertz CT molecular complexity index is 452. The molecule has 0 heterocycles. The van der Waals surface area contributed by atoms with E-state index in [-0.39, 0.29) is 0 Å². The first-order valence-electron chi connectivity index (χ1n) is 7.20. The molecule has 0 fully saturated rings. The van der Waals surface area contributed by atoms with Crippen LogP contribution in [0.15, 0.2) is 35.9 Å². The Morgan fingerprint density at radius 1 is 1.42 bits per heavy atom. The molecule has 0 spiro atoms. The fourth-order valence-corrected chi connectivity index (χ4v) is 3.28. The Balaban J connectivity index is 1.87. The molecule has 1 aromatic carbocycles. The molecule has 0 saturated carbocycles. The summed E-state index contributed by atoms with van der Waals surface area (Å²) in [6.45, 7) is 7.86. The number of nitrogens with one attached hydrogen (secondary N) is 1. The van der Waals surface area contributed by atoms with Crippen LogP contribution >= 0.6 is 11.6 Å². The molecule has 0 aromatic heterocycles. The van der Waals surface area contributed by atoms with Crippen molar-refractivity contribution in [3.63, 3.8) is 0 Å². The smallest absolute Gasteiger partial charge is 0.0409 e. The Labute approximate surface area is 122 Å². The minimum absolute atomic E-state index is 0.361. The fraction of sp³-hybridized carbons (Fsp3) is 0.529.